The van der Waals surface area contributed by atoms with E-state index < -0.39 is 33.0 Å². The summed E-state index contributed by atoms with van der Waals surface area (Å²) in [6.07, 6.45) is 5.25. The Labute approximate surface area is 140 Å². The van der Waals surface area contributed by atoms with Gasteiger partial charge in [-0.15, -0.1) is 0 Å². The van der Waals surface area contributed by atoms with Crippen molar-refractivity contribution < 1.29 is 17.2 Å². The first-order valence-corrected chi connectivity index (χ1v) is 9.34. The van der Waals surface area contributed by atoms with Crippen molar-refractivity contribution in [2.75, 3.05) is 13.6 Å². The van der Waals surface area contributed by atoms with E-state index in [0.717, 1.165) is 30.8 Å². The number of halogens is 2. The highest BCUT2D eigenvalue weighted by Crippen LogP contribution is 2.22. The molecule has 24 heavy (non-hydrogen) atoms. The summed E-state index contributed by atoms with van der Waals surface area (Å²) >= 11 is 0. The molecule has 1 atom stereocenters. The summed E-state index contributed by atoms with van der Waals surface area (Å²) in [5.41, 5.74) is -0.412. The average Bonchev–Trinajstić information content (AvgIpc) is 2.98. The number of benzene rings is 1. The summed E-state index contributed by atoms with van der Waals surface area (Å²) < 4.78 is 55.5. The van der Waals surface area contributed by atoms with Gasteiger partial charge in [0, 0.05) is 44.5 Å². The van der Waals surface area contributed by atoms with E-state index in [0.29, 0.717) is 13.1 Å². The zero-order valence-electron chi connectivity index (χ0n) is 13.3. The second-order valence-corrected chi connectivity index (χ2v) is 8.21. The highest BCUT2D eigenvalue weighted by molar-refractivity contribution is 7.88. The molecule has 0 amide bonds. The summed E-state index contributed by atoms with van der Waals surface area (Å²) in [6, 6.07) is 3.35. The highest BCUT2D eigenvalue weighted by atomic mass is 32.2. The summed E-state index contributed by atoms with van der Waals surface area (Å²) in [4.78, 5) is 4.24. The van der Waals surface area contributed by atoms with E-state index in [4.69, 9.17) is 0 Å². The second-order valence-electron chi connectivity index (χ2n) is 6.14. The zero-order valence-corrected chi connectivity index (χ0v) is 14.1. The van der Waals surface area contributed by atoms with Crippen molar-refractivity contribution >= 4 is 10.0 Å². The van der Waals surface area contributed by atoms with E-state index >= 15 is 0 Å². The quantitative estimate of drug-likeness (QED) is 0.826. The lowest BCUT2D eigenvalue weighted by Crippen LogP contribution is -2.36. The van der Waals surface area contributed by atoms with Crippen molar-refractivity contribution in [3.63, 3.8) is 0 Å². The van der Waals surface area contributed by atoms with Crippen molar-refractivity contribution in [1.82, 2.24) is 13.9 Å². The number of hydrogen-bond acceptors (Lipinski definition) is 3. The average molecular weight is 355 g/mol. The first-order valence-electron chi connectivity index (χ1n) is 7.74. The highest BCUT2D eigenvalue weighted by Gasteiger charge is 2.27. The predicted octanol–water partition coefficient (Wildman–Crippen LogP) is 2.19. The van der Waals surface area contributed by atoms with Crippen LogP contribution in [0.2, 0.25) is 0 Å². The molecule has 0 N–H and O–H groups in total. The smallest absolute Gasteiger partial charge is 0.218 e. The number of aryl methyl sites for hydroxylation is 1. The molecule has 2 heterocycles. The van der Waals surface area contributed by atoms with Gasteiger partial charge in [0.25, 0.3) is 0 Å². The lowest BCUT2D eigenvalue weighted by atomic mass is 10.00. The Hall–Kier alpha value is -1.80. The maximum absolute atomic E-state index is 13.7. The molecule has 1 aromatic heterocycles. The Balaban J connectivity index is 1.69. The maximum Gasteiger partial charge on any atom is 0.218 e. The Bertz CT molecular complexity index is 815. The third-order valence-electron chi connectivity index (χ3n) is 4.41. The minimum absolute atomic E-state index is 0.150. The molecule has 0 fully saturated rings. The molecule has 5 nitrogen and oxygen atoms in total. The van der Waals surface area contributed by atoms with Crippen molar-refractivity contribution in [3.05, 3.63) is 53.6 Å². The van der Waals surface area contributed by atoms with Crippen molar-refractivity contribution in [1.29, 1.82) is 0 Å². The van der Waals surface area contributed by atoms with E-state index in [9.17, 15) is 17.2 Å². The molecule has 0 unspecified atom stereocenters. The van der Waals surface area contributed by atoms with Crippen molar-refractivity contribution in [2.24, 2.45) is 5.92 Å². The fourth-order valence-electron chi connectivity index (χ4n) is 3.03. The van der Waals surface area contributed by atoms with Crippen molar-refractivity contribution in [3.8, 4) is 0 Å². The van der Waals surface area contributed by atoms with E-state index in [1.165, 1.54) is 17.4 Å². The number of aromatic nitrogens is 2. The summed E-state index contributed by atoms with van der Waals surface area (Å²) in [6.45, 7) is 1.01. The first-order chi connectivity index (χ1) is 11.4. The third-order valence-corrected chi connectivity index (χ3v) is 6.16. The topological polar surface area (TPSA) is 55.2 Å². The molecule has 2 aromatic rings. The Kier molecular flexibility index (Phi) is 4.69. The van der Waals surface area contributed by atoms with Crippen LogP contribution < -0.4 is 0 Å². The van der Waals surface area contributed by atoms with E-state index in [1.807, 2.05) is 10.8 Å². The summed E-state index contributed by atoms with van der Waals surface area (Å²) in [5, 5.41) is 0. The van der Waals surface area contributed by atoms with Crippen LogP contribution >= 0.6 is 0 Å². The minimum atomic E-state index is -3.79. The van der Waals surface area contributed by atoms with Gasteiger partial charge in [-0.05, 0) is 24.5 Å². The van der Waals surface area contributed by atoms with Gasteiger partial charge in [0.2, 0.25) is 10.0 Å². The molecular weight excluding hydrogens is 336 g/mol. The molecule has 1 aliphatic heterocycles. The fourth-order valence-corrected chi connectivity index (χ4v) is 4.33. The molecule has 0 spiro atoms. The number of rotatable bonds is 5. The van der Waals surface area contributed by atoms with Gasteiger partial charge in [-0.1, -0.05) is 6.07 Å². The number of fused-ring (bicyclic) bond motifs is 1. The van der Waals surface area contributed by atoms with Crippen LogP contribution in [-0.4, -0.2) is 35.9 Å². The molecule has 0 bridgehead atoms. The van der Waals surface area contributed by atoms with Gasteiger partial charge < -0.3 is 4.57 Å². The Morgan fingerprint density at radius 2 is 2.04 bits per heavy atom. The van der Waals surface area contributed by atoms with Gasteiger partial charge in [0.1, 0.15) is 17.5 Å². The SMILES string of the molecule is CN(C[C@H]1CCc2nccn2C1)S(=O)(=O)Cc1c(F)cccc1F. The Morgan fingerprint density at radius 3 is 2.75 bits per heavy atom. The van der Waals surface area contributed by atoms with Crippen LogP contribution in [0.25, 0.3) is 0 Å². The normalized spacial score (nSPS) is 17.9. The molecule has 130 valence electrons. The lowest BCUT2D eigenvalue weighted by molar-refractivity contribution is 0.303. The van der Waals surface area contributed by atoms with Crippen LogP contribution in [0.3, 0.4) is 0 Å². The number of nitrogens with zero attached hydrogens (tertiary/aromatic N) is 3. The molecule has 3 rings (SSSR count). The molecule has 0 aliphatic carbocycles. The summed E-state index contributed by atoms with van der Waals surface area (Å²) in [7, 11) is -2.34. The van der Waals surface area contributed by atoms with Gasteiger partial charge in [0.05, 0.1) is 5.75 Å². The fraction of sp³-hybridized carbons (Fsp3) is 0.438. The van der Waals surface area contributed by atoms with Crippen LogP contribution in [0.5, 0.6) is 0 Å². The molecule has 0 radical (unpaired) electrons. The molecule has 0 saturated carbocycles. The zero-order chi connectivity index (χ0) is 17.3. The third kappa shape index (κ3) is 3.49. The predicted molar refractivity (Wildman–Crippen MR) is 85.6 cm³/mol. The summed E-state index contributed by atoms with van der Waals surface area (Å²) in [5.74, 6) is -1.20. The van der Waals surface area contributed by atoms with Gasteiger partial charge in [0.15, 0.2) is 0 Å². The number of imidazole rings is 1. The van der Waals surface area contributed by atoms with E-state index in [-0.39, 0.29) is 5.92 Å². The van der Waals surface area contributed by atoms with Gasteiger partial charge in [-0.2, -0.15) is 0 Å². The number of hydrogen-bond donors (Lipinski definition) is 0. The van der Waals surface area contributed by atoms with Gasteiger partial charge in [-0.3, -0.25) is 0 Å². The Morgan fingerprint density at radius 1 is 1.33 bits per heavy atom. The van der Waals surface area contributed by atoms with Gasteiger partial charge >= 0.3 is 0 Å². The van der Waals surface area contributed by atoms with Crippen LogP contribution in [-0.2, 0) is 28.7 Å². The van der Waals surface area contributed by atoms with Crippen LogP contribution in [0.15, 0.2) is 30.6 Å². The van der Waals surface area contributed by atoms with Crippen molar-refractivity contribution in [2.45, 2.75) is 25.1 Å². The lowest BCUT2D eigenvalue weighted by Gasteiger charge is -2.27. The van der Waals surface area contributed by atoms with E-state index in [2.05, 4.69) is 4.98 Å². The van der Waals surface area contributed by atoms with Gasteiger partial charge in [-0.25, -0.2) is 26.5 Å². The molecule has 1 aromatic carbocycles. The number of sulfonamides is 1. The van der Waals surface area contributed by atoms with Crippen LogP contribution in [0.1, 0.15) is 17.8 Å². The minimum Gasteiger partial charge on any atom is -0.335 e. The molecule has 0 saturated heterocycles. The molecular formula is C16H19F2N3O2S. The van der Waals surface area contributed by atoms with E-state index in [1.54, 1.807) is 6.20 Å². The monoisotopic (exact) mass is 355 g/mol. The van der Waals surface area contributed by atoms with Crippen LogP contribution in [0.4, 0.5) is 8.78 Å². The largest absolute Gasteiger partial charge is 0.335 e. The first kappa shape index (κ1) is 17.0. The molecule has 1 aliphatic rings. The maximum atomic E-state index is 13.7. The standard InChI is InChI=1S/C16H19F2N3O2S/c1-20(9-12-5-6-16-19-7-8-21(16)10-12)24(22,23)11-13-14(17)3-2-4-15(13)18/h2-4,7-8,12H,5-6,9-11H2,1H3/t12-/m1/s1. The van der Waals surface area contributed by atoms with Crippen LogP contribution in [0, 0.1) is 17.6 Å². The second kappa shape index (κ2) is 6.60. The molecule has 8 heteroatoms.